The average Bonchev–Trinajstić information content (AvgIpc) is 2.73. The first-order chi connectivity index (χ1) is 8.30. The molecule has 0 aromatic carbocycles. The van der Waals surface area contributed by atoms with Crippen molar-refractivity contribution in [1.29, 1.82) is 0 Å². The minimum absolute atomic E-state index is 0.0958. The maximum atomic E-state index is 12.0. The van der Waals surface area contributed by atoms with Crippen LogP contribution in [0.3, 0.4) is 0 Å². The number of rotatable bonds is 4. The molecule has 9 heteroatoms. The van der Waals surface area contributed by atoms with Gasteiger partial charge in [-0.15, -0.1) is 11.3 Å². The molecule has 0 bridgehead atoms. The van der Waals surface area contributed by atoms with E-state index in [0.717, 1.165) is 4.70 Å². The van der Waals surface area contributed by atoms with Crippen LogP contribution in [0.15, 0.2) is 28.7 Å². The molecule has 98 valence electrons. The molecule has 0 radical (unpaired) electrons. The normalized spacial score (nSPS) is 12.9. The summed E-state index contributed by atoms with van der Waals surface area (Å²) in [4.78, 5) is 3.83. The van der Waals surface area contributed by atoms with E-state index in [9.17, 15) is 16.8 Å². The van der Waals surface area contributed by atoms with Gasteiger partial charge in [-0.1, -0.05) is 0 Å². The molecule has 0 unspecified atom stereocenters. The summed E-state index contributed by atoms with van der Waals surface area (Å²) in [7, 11) is -2.58. The molecule has 18 heavy (non-hydrogen) atoms. The zero-order valence-electron chi connectivity index (χ0n) is 8.91. The Bertz CT molecular complexity index is 779. The summed E-state index contributed by atoms with van der Waals surface area (Å²) < 4.78 is 46.4. The fourth-order valence-corrected chi connectivity index (χ4v) is 5.44. The first-order valence-electron chi connectivity index (χ1n) is 4.77. The van der Waals surface area contributed by atoms with Crippen LogP contribution in [0.5, 0.6) is 0 Å². The van der Waals surface area contributed by atoms with E-state index in [1.807, 2.05) is 0 Å². The van der Waals surface area contributed by atoms with Crippen molar-refractivity contribution in [2.24, 2.45) is 0 Å². The van der Waals surface area contributed by atoms with Gasteiger partial charge in [0, 0.05) is 27.0 Å². The molecular formula is C9H8ClNO4S3. The molecule has 0 atom stereocenters. The van der Waals surface area contributed by atoms with E-state index in [4.69, 9.17) is 10.7 Å². The Hall–Kier alpha value is -0.700. The van der Waals surface area contributed by atoms with E-state index < -0.39 is 30.4 Å². The first-order valence-corrected chi connectivity index (χ1v) is 9.78. The Morgan fingerprint density at radius 2 is 1.89 bits per heavy atom. The quantitative estimate of drug-likeness (QED) is 0.798. The highest BCUT2D eigenvalue weighted by molar-refractivity contribution is 8.14. The fourth-order valence-electron chi connectivity index (χ4n) is 1.42. The molecule has 2 aromatic heterocycles. The topological polar surface area (TPSA) is 81.2 Å². The second-order valence-corrected chi connectivity index (χ2v) is 9.38. The summed E-state index contributed by atoms with van der Waals surface area (Å²) in [6.07, 6.45) is 1.39. The third-order valence-corrected chi connectivity index (χ3v) is 6.19. The van der Waals surface area contributed by atoms with Crippen molar-refractivity contribution in [3.05, 3.63) is 23.7 Å². The minimum Gasteiger partial charge on any atom is -0.244 e. The number of hydrogen-bond acceptors (Lipinski definition) is 6. The largest absolute Gasteiger partial charge is 0.244 e. The van der Waals surface area contributed by atoms with Gasteiger partial charge < -0.3 is 0 Å². The smallest absolute Gasteiger partial charge is 0.233 e. The molecule has 0 aliphatic heterocycles. The lowest BCUT2D eigenvalue weighted by molar-refractivity contribution is 0.590. The lowest BCUT2D eigenvalue weighted by Crippen LogP contribution is -2.15. The maximum absolute atomic E-state index is 12.0. The molecule has 2 heterocycles. The molecule has 0 saturated heterocycles. The van der Waals surface area contributed by atoms with Crippen LogP contribution in [0.4, 0.5) is 0 Å². The zero-order chi connectivity index (χ0) is 13.4. The third kappa shape index (κ3) is 3.00. The van der Waals surface area contributed by atoms with Crippen molar-refractivity contribution in [3.8, 4) is 0 Å². The van der Waals surface area contributed by atoms with Crippen molar-refractivity contribution in [2.45, 2.75) is 5.03 Å². The summed E-state index contributed by atoms with van der Waals surface area (Å²) in [6.45, 7) is 0. The molecular weight excluding hydrogens is 318 g/mol. The predicted octanol–water partition coefficient (Wildman–Crippen LogP) is 1.64. The Morgan fingerprint density at radius 3 is 2.56 bits per heavy atom. The molecule has 2 aromatic rings. The molecule has 0 aliphatic rings. The van der Waals surface area contributed by atoms with Crippen molar-refractivity contribution in [3.63, 3.8) is 0 Å². The number of pyridine rings is 1. The Kier molecular flexibility index (Phi) is 3.63. The standard InChI is InChI=1S/C9H8ClNO4S3/c10-18(14,15)6-5-17(12,13)9-7-2-4-16-8(7)1-3-11-9/h1-4H,5-6H2. The van der Waals surface area contributed by atoms with E-state index in [0.29, 0.717) is 5.39 Å². The number of hydrogen-bond donors (Lipinski definition) is 0. The van der Waals surface area contributed by atoms with Crippen LogP contribution >= 0.6 is 22.0 Å². The van der Waals surface area contributed by atoms with Gasteiger partial charge in [-0.25, -0.2) is 21.8 Å². The summed E-state index contributed by atoms with van der Waals surface area (Å²) in [5, 5.41) is 2.17. The summed E-state index contributed by atoms with van der Waals surface area (Å²) in [6, 6.07) is 3.35. The summed E-state index contributed by atoms with van der Waals surface area (Å²) >= 11 is 1.39. The molecule has 0 N–H and O–H groups in total. The average molecular weight is 326 g/mol. The van der Waals surface area contributed by atoms with Crippen LogP contribution in [-0.4, -0.2) is 33.3 Å². The second-order valence-electron chi connectivity index (χ2n) is 3.51. The van der Waals surface area contributed by atoms with Crippen molar-refractivity contribution < 1.29 is 16.8 Å². The number of sulfone groups is 1. The van der Waals surface area contributed by atoms with Gasteiger partial charge in [0.05, 0.1) is 11.5 Å². The van der Waals surface area contributed by atoms with Gasteiger partial charge in [0.15, 0.2) is 14.9 Å². The van der Waals surface area contributed by atoms with Crippen molar-refractivity contribution in [2.75, 3.05) is 11.5 Å². The van der Waals surface area contributed by atoms with Crippen LogP contribution < -0.4 is 0 Å². The minimum atomic E-state index is -3.84. The van der Waals surface area contributed by atoms with Crippen LogP contribution in [-0.2, 0) is 18.9 Å². The van der Waals surface area contributed by atoms with E-state index in [2.05, 4.69) is 4.98 Å². The van der Waals surface area contributed by atoms with Gasteiger partial charge in [0.1, 0.15) is 0 Å². The Morgan fingerprint density at radius 1 is 1.17 bits per heavy atom. The molecule has 0 amide bonds. The summed E-state index contributed by atoms with van der Waals surface area (Å²) in [5.74, 6) is -1.19. The molecule has 5 nitrogen and oxygen atoms in total. The van der Waals surface area contributed by atoms with E-state index in [-0.39, 0.29) is 5.03 Å². The highest BCUT2D eigenvalue weighted by Gasteiger charge is 2.22. The van der Waals surface area contributed by atoms with Crippen LogP contribution in [0, 0.1) is 0 Å². The third-order valence-electron chi connectivity index (χ3n) is 2.23. The lowest BCUT2D eigenvalue weighted by atomic mass is 10.3. The Labute approximate surface area is 113 Å². The molecule has 0 spiro atoms. The number of halogens is 1. The van der Waals surface area contributed by atoms with Crippen LogP contribution in [0.25, 0.3) is 10.1 Å². The van der Waals surface area contributed by atoms with E-state index >= 15 is 0 Å². The highest BCUT2D eigenvalue weighted by atomic mass is 35.7. The van der Waals surface area contributed by atoms with Gasteiger partial charge in [-0.05, 0) is 17.5 Å². The highest BCUT2D eigenvalue weighted by Crippen LogP contribution is 2.26. The number of thiophene rings is 1. The molecule has 0 saturated carbocycles. The molecule has 0 fully saturated rings. The lowest BCUT2D eigenvalue weighted by Gasteiger charge is -2.03. The van der Waals surface area contributed by atoms with E-state index in [1.54, 1.807) is 17.5 Å². The maximum Gasteiger partial charge on any atom is 0.233 e. The first kappa shape index (κ1) is 13.7. The van der Waals surface area contributed by atoms with Gasteiger partial charge >= 0.3 is 0 Å². The number of fused-ring (bicyclic) bond motifs is 1. The SMILES string of the molecule is O=S(=O)(Cl)CCS(=O)(=O)c1nccc2sccc12. The fraction of sp³-hybridized carbons (Fsp3) is 0.222. The summed E-state index contributed by atoms with van der Waals surface area (Å²) in [5.41, 5.74) is 0. The van der Waals surface area contributed by atoms with Gasteiger partial charge in [-0.2, -0.15) is 0 Å². The Balaban J connectivity index is 2.44. The number of aromatic nitrogens is 1. The zero-order valence-corrected chi connectivity index (χ0v) is 12.1. The van der Waals surface area contributed by atoms with Crippen molar-refractivity contribution in [1.82, 2.24) is 4.98 Å². The van der Waals surface area contributed by atoms with Crippen LogP contribution in [0.2, 0.25) is 0 Å². The second kappa shape index (κ2) is 4.76. The molecule has 2 rings (SSSR count). The van der Waals surface area contributed by atoms with E-state index in [1.165, 1.54) is 17.5 Å². The van der Waals surface area contributed by atoms with Crippen molar-refractivity contribution >= 4 is 51.0 Å². The predicted molar refractivity (Wildman–Crippen MR) is 71.3 cm³/mol. The monoisotopic (exact) mass is 325 g/mol. The van der Waals surface area contributed by atoms with Gasteiger partial charge in [0.2, 0.25) is 9.05 Å². The number of nitrogens with zero attached hydrogens (tertiary/aromatic N) is 1. The molecule has 0 aliphatic carbocycles. The van der Waals surface area contributed by atoms with Crippen LogP contribution in [0.1, 0.15) is 0 Å². The van der Waals surface area contributed by atoms with Gasteiger partial charge in [0.25, 0.3) is 0 Å². The van der Waals surface area contributed by atoms with Gasteiger partial charge in [-0.3, -0.25) is 0 Å².